The molecule has 0 saturated carbocycles. The zero-order chi connectivity index (χ0) is 28.2. The summed E-state index contributed by atoms with van der Waals surface area (Å²) in [5, 5.41) is 0. The molecule has 6 nitrogen and oxygen atoms in total. The average Bonchev–Trinajstić information content (AvgIpc) is 3.31. The molecule has 3 heterocycles. The lowest BCUT2D eigenvalue weighted by atomic mass is 9.88. The van der Waals surface area contributed by atoms with Gasteiger partial charge in [-0.25, -0.2) is 9.97 Å². The zero-order valence-corrected chi connectivity index (χ0v) is 26.5. The third-order valence-corrected chi connectivity index (χ3v) is 8.96. The van der Waals surface area contributed by atoms with Crippen LogP contribution in [0.1, 0.15) is 51.8 Å². The standard InChI is InChI=1S/C32H49N5OSi/c1-25(2)29-23-37(24-38-19-20-39(6,7)8)31(34-29)27-11-14-30(33-22-27)36-17-15-35(16-18-36)28-12-9-26(10-13-28)21-32(3,4)5/h9-14,22-23,25H,15-21,24H2,1-8H3. The number of anilines is 2. The van der Waals surface area contributed by atoms with Crippen LogP contribution in [0.2, 0.25) is 25.7 Å². The van der Waals surface area contributed by atoms with Gasteiger partial charge in [-0.3, -0.25) is 0 Å². The van der Waals surface area contributed by atoms with Crippen molar-refractivity contribution >= 4 is 19.6 Å². The summed E-state index contributed by atoms with van der Waals surface area (Å²) in [5.74, 6) is 2.34. The van der Waals surface area contributed by atoms with Gasteiger partial charge < -0.3 is 19.1 Å². The van der Waals surface area contributed by atoms with Crippen LogP contribution >= 0.6 is 0 Å². The first-order valence-electron chi connectivity index (χ1n) is 14.6. The Labute approximate surface area is 237 Å². The Kier molecular flexibility index (Phi) is 9.22. The molecule has 1 saturated heterocycles. The molecule has 1 aromatic carbocycles. The number of hydrogen-bond donors (Lipinski definition) is 0. The molecule has 4 rings (SSSR count). The summed E-state index contributed by atoms with van der Waals surface area (Å²) in [7, 11) is -1.11. The summed E-state index contributed by atoms with van der Waals surface area (Å²) < 4.78 is 8.21. The lowest BCUT2D eigenvalue weighted by Gasteiger charge is -2.37. The number of rotatable bonds is 10. The highest BCUT2D eigenvalue weighted by Gasteiger charge is 2.20. The number of benzene rings is 1. The molecule has 0 radical (unpaired) electrons. The second-order valence-corrected chi connectivity index (χ2v) is 19.4. The van der Waals surface area contributed by atoms with Gasteiger partial charge in [0.25, 0.3) is 0 Å². The van der Waals surface area contributed by atoms with E-state index in [0.29, 0.717) is 18.1 Å². The number of imidazole rings is 1. The maximum atomic E-state index is 6.07. The van der Waals surface area contributed by atoms with Gasteiger partial charge in [-0.1, -0.05) is 66.4 Å². The van der Waals surface area contributed by atoms with Crippen LogP contribution in [0.15, 0.2) is 48.8 Å². The molecular weight excluding hydrogens is 498 g/mol. The molecule has 1 aliphatic heterocycles. The maximum absolute atomic E-state index is 6.07. The first-order chi connectivity index (χ1) is 18.4. The third-order valence-electron chi connectivity index (χ3n) is 7.26. The van der Waals surface area contributed by atoms with Crippen molar-refractivity contribution in [3.63, 3.8) is 0 Å². The van der Waals surface area contributed by atoms with Gasteiger partial charge in [0.15, 0.2) is 0 Å². The van der Waals surface area contributed by atoms with Crippen LogP contribution in [-0.2, 0) is 17.9 Å². The lowest BCUT2D eigenvalue weighted by Crippen LogP contribution is -2.46. The molecule has 0 unspecified atom stereocenters. The number of ether oxygens (including phenoxy) is 1. The molecule has 212 valence electrons. The summed E-state index contributed by atoms with van der Waals surface area (Å²) in [6.45, 7) is 23.7. The van der Waals surface area contributed by atoms with E-state index in [9.17, 15) is 0 Å². The van der Waals surface area contributed by atoms with Gasteiger partial charge >= 0.3 is 0 Å². The fourth-order valence-electron chi connectivity index (χ4n) is 4.92. The predicted molar refractivity (Wildman–Crippen MR) is 168 cm³/mol. The van der Waals surface area contributed by atoms with Crippen LogP contribution in [-0.4, -0.2) is 55.4 Å². The van der Waals surface area contributed by atoms with Crippen molar-refractivity contribution in [3.8, 4) is 11.4 Å². The monoisotopic (exact) mass is 547 g/mol. The fraction of sp³-hybridized carbons (Fsp3) is 0.562. The zero-order valence-electron chi connectivity index (χ0n) is 25.5. The topological polar surface area (TPSA) is 46.4 Å². The van der Waals surface area contributed by atoms with Crippen LogP contribution in [0.5, 0.6) is 0 Å². The highest BCUT2D eigenvalue weighted by Crippen LogP contribution is 2.26. The Bertz CT molecular complexity index is 1180. The fourth-order valence-corrected chi connectivity index (χ4v) is 5.68. The van der Waals surface area contributed by atoms with E-state index in [1.54, 1.807) is 0 Å². The van der Waals surface area contributed by atoms with E-state index in [0.717, 1.165) is 62.1 Å². The maximum Gasteiger partial charge on any atom is 0.143 e. The predicted octanol–water partition coefficient (Wildman–Crippen LogP) is 7.30. The van der Waals surface area contributed by atoms with Gasteiger partial charge in [-0.2, -0.15) is 0 Å². The largest absolute Gasteiger partial charge is 0.368 e. The highest BCUT2D eigenvalue weighted by atomic mass is 28.3. The number of hydrogen-bond acceptors (Lipinski definition) is 5. The Morgan fingerprint density at radius 1 is 0.923 bits per heavy atom. The van der Waals surface area contributed by atoms with Gasteiger partial charge in [0, 0.05) is 64.5 Å². The Morgan fingerprint density at radius 3 is 2.15 bits per heavy atom. The Hall–Kier alpha value is -2.64. The minimum atomic E-state index is -1.11. The highest BCUT2D eigenvalue weighted by molar-refractivity contribution is 6.76. The van der Waals surface area contributed by atoms with E-state index in [1.165, 1.54) is 17.3 Å². The van der Waals surface area contributed by atoms with E-state index in [1.807, 2.05) is 6.20 Å². The van der Waals surface area contributed by atoms with Gasteiger partial charge in [0.1, 0.15) is 18.4 Å². The molecule has 0 aliphatic carbocycles. The van der Waals surface area contributed by atoms with Crippen molar-refractivity contribution in [1.82, 2.24) is 14.5 Å². The van der Waals surface area contributed by atoms with Crippen molar-refractivity contribution in [3.05, 3.63) is 60.0 Å². The minimum Gasteiger partial charge on any atom is -0.368 e. The minimum absolute atomic E-state index is 0.312. The quantitative estimate of drug-likeness (QED) is 0.197. The number of nitrogens with zero attached hydrogens (tertiary/aromatic N) is 5. The van der Waals surface area contributed by atoms with Crippen LogP contribution in [0.3, 0.4) is 0 Å². The summed E-state index contributed by atoms with van der Waals surface area (Å²) in [6, 6.07) is 14.6. The molecule has 0 spiro atoms. The van der Waals surface area contributed by atoms with E-state index in [2.05, 4.69) is 111 Å². The lowest BCUT2D eigenvalue weighted by molar-refractivity contribution is 0.0882. The van der Waals surface area contributed by atoms with Crippen LogP contribution in [0.4, 0.5) is 11.5 Å². The molecule has 0 bridgehead atoms. The Morgan fingerprint density at radius 2 is 1.59 bits per heavy atom. The Balaban J connectivity index is 1.37. The number of pyridine rings is 1. The summed E-state index contributed by atoms with van der Waals surface area (Å²) in [4.78, 5) is 14.7. The molecule has 1 aliphatic rings. The smallest absolute Gasteiger partial charge is 0.143 e. The molecule has 0 N–H and O–H groups in total. The second kappa shape index (κ2) is 12.3. The van der Waals surface area contributed by atoms with Gasteiger partial charge in [0.2, 0.25) is 0 Å². The molecule has 0 amide bonds. The van der Waals surface area contributed by atoms with Crippen molar-refractivity contribution in [1.29, 1.82) is 0 Å². The molecule has 7 heteroatoms. The van der Waals surface area contributed by atoms with Crippen LogP contribution in [0.25, 0.3) is 11.4 Å². The van der Waals surface area contributed by atoms with E-state index < -0.39 is 8.07 Å². The molecule has 2 aromatic heterocycles. The first kappa shape index (κ1) is 29.3. The third kappa shape index (κ3) is 8.42. The van der Waals surface area contributed by atoms with Crippen molar-refractivity contribution in [2.24, 2.45) is 5.41 Å². The number of aromatic nitrogens is 3. The van der Waals surface area contributed by atoms with Gasteiger partial charge in [-0.05, 0) is 53.6 Å². The van der Waals surface area contributed by atoms with Crippen molar-refractivity contribution in [2.75, 3.05) is 42.6 Å². The normalized spacial score (nSPS) is 14.9. The van der Waals surface area contributed by atoms with Gasteiger partial charge in [0.05, 0.1) is 5.69 Å². The van der Waals surface area contributed by atoms with Crippen molar-refractivity contribution < 1.29 is 4.74 Å². The van der Waals surface area contributed by atoms with Crippen LogP contribution in [0, 0.1) is 5.41 Å². The molecule has 39 heavy (non-hydrogen) atoms. The molecular formula is C32H49N5OSi. The summed E-state index contributed by atoms with van der Waals surface area (Å²) in [5.41, 5.74) is 5.16. The molecule has 1 fully saturated rings. The summed E-state index contributed by atoms with van der Waals surface area (Å²) >= 11 is 0. The van der Waals surface area contributed by atoms with Crippen molar-refractivity contribution in [2.45, 2.75) is 79.4 Å². The van der Waals surface area contributed by atoms with E-state index in [4.69, 9.17) is 14.7 Å². The molecule has 0 atom stereocenters. The van der Waals surface area contributed by atoms with E-state index >= 15 is 0 Å². The summed E-state index contributed by atoms with van der Waals surface area (Å²) in [6.07, 6.45) is 5.21. The van der Waals surface area contributed by atoms with Crippen LogP contribution < -0.4 is 9.80 Å². The number of piperazine rings is 1. The van der Waals surface area contributed by atoms with Gasteiger partial charge in [-0.15, -0.1) is 0 Å². The SMILES string of the molecule is CC(C)c1cn(COCC[Si](C)(C)C)c(-c2ccc(N3CCN(c4ccc(CC(C)(C)C)cc4)CC3)nc2)n1. The van der Waals surface area contributed by atoms with E-state index in [-0.39, 0.29) is 0 Å². The second-order valence-electron chi connectivity index (χ2n) is 13.7. The average molecular weight is 548 g/mol. The first-order valence-corrected chi connectivity index (χ1v) is 18.3. The molecule has 3 aromatic rings.